The van der Waals surface area contributed by atoms with Crippen LogP contribution in [0, 0.1) is 5.92 Å². The summed E-state index contributed by atoms with van der Waals surface area (Å²) in [6, 6.07) is -0.639. The number of nitrogens with one attached hydrogen (secondary N) is 2. The smallest absolute Gasteiger partial charge is 0.408 e. The summed E-state index contributed by atoms with van der Waals surface area (Å²) in [4.78, 5) is 23.6. The van der Waals surface area contributed by atoms with E-state index in [1.165, 1.54) is 7.11 Å². The molecular formula is C15H28N2O4. The van der Waals surface area contributed by atoms with Crippen LogP contribution in [0.2, 0.25) is 0 Å². The van der Waals surface area contributed by atoms with Crippen molar-refractivity contribution in [2.45, 2.75) is 58.1 Å². The molecule has 1 atom stereocenters. The monoisotopic (exact) mass is 300 g/mol. The van der Waals surface area contributed by atoms with Crippen LogP contribution in [0.3, 0.4) is 0 Å². The summed E-state index contributed by atoms with van der Waals surface area (Å²) in [6.07, 6.45) is 3.12. The van der Waals surface area contributed by atoms with Gasteiger partial charge in [-0.1, -0.05) is 0 Å². The summed E-state index contributed by atoms with van der Waals surface area (Å²) < 4.78 is 9.95. The summed E-state index contributed by atoms with van der Waals surface area (Å²) >= 11 is 0. The topological polar surface area (TPSA) is 76.7 Å². The van der Waals surface area contributed by atoms with Crippen molar-refractivity contribution in [3.05, 3.63) is 0 Å². The van der Waals surface area contributed by atoms with Crippen molar-refractivity contribution in [2.24, 2.45) is 5.92 Å². The number of esters is 1. The molecule has 0 aromatic heterocycles. The molecule has 1 aliphatic heterocycles. The molecule has 6 nitrogen and oxygen atoms in total. The van der Waals surface area contributed by atoms with Crippen molar-refractivity contribution < 1.29 is 19.1 Å². The third-order valence-electron chi connectivity index (χ3n) is 3.50. The molecule has 1 fully saturated rings. The predicted octanol–water partition coefficient (Wildman–Crippen LogP) is 1.83. The van der Waals surface area contributed by atoms with E-state index >= 15 is 0 Å². The number of alkyl carbamates (subject to hydrolysis) is 1. The largest absolute Gasteiger partial charge is 0.467 e. The minimum absolute atomic E-state index is 0.421. The van der Waals surface area contributed by atoms with Crippen LogP contribution in [0.25, 0.3) is 0 Å². The van der Waals surface area contributed by atoms with Gasteiger partial charge in [-0.25, -0.2) is 9.59 Å². The quantitative estimate of drug-likeness (QED) is 0.758. The van der Waals surface area contributed by atoms with Gasteiger partial charge in [-0.3, -0.25) is 0 Å². The van der Waals surface area contributed by atoms with Crippen LogP contribution < -0.4 is 10.6 Å². The molecule has 0 aromatic carbocycles. The molecule has 0 radical (unpaired) electrons. The van der Waals surface area contributed by atoms with Crippen molar-refractivity contribution in [1.82, 2.24) is 10.6 Å². The maximum Gasteiger partial charge on any atom is 0.408 e. The lowest BCUT2D eigenvalue weighted by atomic mass is 9.91. The molecule has 1 rings (SSSR count). The Morgan fingerprint density at radius 3 is 2.43 bits per heavy atom. The second kappa shape index (κ2) is 8.22. The zero-order valence-corrected chi connectivity index (χ0v) is 13.5. The van der Waals surface area contributed by atoms with E-state index in [-0.39, 0.29) is 0 Å². The molecule has 0 aromatic rings. The maximum absolute atomic E-state index is 11.8. The van der Waals surface area contributed by atoms with Crippen molar-refractivity contribution in [3.63, 3.8) is 0 Å². The minimum Gasteiger partial charge on any atom is -0.467 e. The Bertz CT molecular complexity index is 346. The van der Waals surface area contributed by atoms with Crippen LogP contribution in [0.1, 0.15) is 46.5 Å². The van der Waals surface area contributed by atoms with E-state index in [9.17, 15) is 9.59 Å². The van der Waals surface area contributed by atoms with Crippen LogP contribution in [-0.2, 0) is 14.3 Å². The molecule has 0 aliphatic carbocycles. The molecule has 1 saturated heterocycles. The number of hydrogen-bond donors (Lipinski definition) is 2. The number of hydrogen-bond acceptors (Lipinski definition) is 5. The number of rotatable bonds is 5. The van der Waals surface area contributed by atoms with Crippen molar-refractivity contribution in [1.29, 1.82) is 0 Å². The Balaban J connectivity index is 2.47. The predicted molar refractivity (Wildman–Crippen MR) is 80.0 cm³/mol. The van der Waals surface area contributed by atoms with Crippen LogP contribution in [0.5, 0.6) is 0 Å². The first kappa shape index (κ1) is 17.8. The Labute approximate surface area is 126 Å². The summed E-state index contributed by atoms with van der Waals surface area (Å²) in [7, 11) is 1.33. The fourth-order valence-electron chi connectivity index (χ4n) is 2.41. The average Bonchev–Trinajstić information content (AvgIpc) is 2.41. The van der Waals surface area contributed by atoms with E-state index < -0.39 is 23.7 Å². The van der Waals surface area contributed by atoms with E-state index in [0.717, 1.165) is 32.4 Å². The summed E-state index contributed by atoms with van der Waals surface area (Å²) in [5.74, 6) is 0.175. The fraction of sp³-hybridized carbons (Fsp3) is 0.867. The minimum atomic E-state index is -0.639. The summed E-state index contributed by atoms with van der Waals surface area (Å²) in [5.41, 5.74) is -0.584. The van der Waals surface area contributed by atoms with Gasteiger partial charge < -0.3 is 20.1 Å². The lowest BCUT2D eigenvalue weighted by Gasteiger charge is -2.25. The molecule has 122 valence electrons. The third kappa shape index (κ3) is 7.32. The molecule has 2 N–H and O–H groups in total. The van der Waals surface area contributed by atoms with E-state index in [0.29, 0.717) is 12.3 Å². The first-order valence-corrected chi connectivity index (χ1v) is 7.60. The van der Waals surface area contributed by atoms with Gasteiger partial charge in [-0.05, 0) is 65.5 Å². The van der Waals surface area contributed by atoms with Crippen LogP contribution in [0.4, 0.5) is 4.79 Å². The molecule has 6 heteroatoms. The van der Waals surface area contributed by atoms with E-state index in [1.54, 1.807) is 20.8 Å². The first-order valence-electron chi connectivity index (χ1n) is 7.60. The Morgan fingerprint density at radius 1 is 1.29 bits per heavy atom. The van der Waals surface area contributed by atoms with Gasteiger partial charge in [0.1, 0.15) is 11.6 Å². The van der Waals surface area contributed by atoms with Crippen LogP contribution in [0.15, 0.2) is 0 Å². The van der Waals surface area contributed by atoms with Gasteiger partial charge in [-0.15, -0.1) is 0 Å². The van der Waals surface area contributed by atoms with Crippen molar-refractivity contribution >= 4 is 12.1 Å². The lowest BCUT2D eigenvalue weighted by Crippen LogP contribution is -2.44. The zero-order chi connectivity index (χ0) is 15.9. The molecular weight excluding hydrogens is 272 g/mol. The Morgan fingerprint density at radius 2 is 1.90 bits per heavy atom. The zero-order valence-electron chi connectivity index (χ0n) is 13.5. The summed E-state index contributed by atoms with van der Waals surface area (Å²) in [6.45, 7) is 7.40. The standard InChI is InChI=1S/C15H28N2O4/c1-15(2,3)21-14(19)17-12(13(18)20-4)6-5-11-7-9-16-10-8-11/h11-12,16H,5-10H2,1-4H3,(H,17,19)/t12-/m0/s1. The third-order valence-corrected chi connectivity index (χ3v) is 3.50. The van der Waals surface area contributed by atoms with Gasteiger partial charge in [0.05, 0.1) is 7.11 Å². The fourth-order valence-corrected chi connectivity index (χ4v) is 2.41. The number of ether oxygens (including phenoxy) is 2. The van der Waals surface area contributed by atoms with Crippen molar-refractivity contribution in [3.8, 4) is 0 Å². The highest BCUT2D eigenvalue weighted by Gasteiger charge is 2.26. The van der Waals surface area contributed by atoms with Gasteiger partial charge >= 0.3 is 12.1 Å². The number of carbonyl (C=O) groups is 2. The summed E-state index contributed by atoms with van der Waals surface area (Å²) in [5, 5.41) is 5.93. The van der Waals surface area contributed by atoms with Gasteiger partial charge in [-0.2, -0.15) is 0 Å². The molecule has 0 unspecified atom stereocenters. The van der Waals surface area contributed by atoms with Gasteiger partial charge in [0.15, 0.2) is 0 Å². The SMILES string of the molecule is COC(=O)[C@H](CCC1CCNCC1)NC(=O)OC(C)(C)C. The second-order valence-electron chi connectivity index (χ2n) is 6.49. The highest BCUT2D eigenvalue weighted by atomic mass is 16.6. The van der Waals surface area contributed by atoms with E-state index in [2.05, 4.69) is 10.6 Å². The maximum atomic E-state index is 11.8. The number of amides is 1. The second-order valence-corrected chi connectivity index (χ2v) is 6.49. The average molecular weight is 300 g/mol. The first-order chi connectivity index (χ1) is 9.81. The van der Waals surface area contributed by atoms with Gasteiger partial charge in [0.2, 0.25) is 0 Å². The molecule has 0 bridgehead atoms. The number of methoxy groups -OCH3 is 1. The number of piperidine rings is 1. The molecule has 0 saturated carbocycles. The molecule has 1 heterocycles. The highest BCUT2D eigenvalue weighted by molar-refractivity contribution is 5.81. The van der Waals surface area contributed by atoms with Crippen molar-refractivity contribution in [2.75, 3.05) is 20.2 Å². The Hall–Kier alpha value is -1.30. The van der Waals surface area contributed by atoms with Crippen LogP contribution >= 0.6 is 0 Å². The number of carbonyl (C=O) groups excluding carboxylic acids is 2. The molecule has 0 spiro atoms. The highest BCUT2D eigenvalue weighted by Crippen LogP contribution is 2.19. The Kier molecular flexibility index (Phi) is 6.95. The molecule has 1 aliphatic rings. The van der Waals surface area contributed by atoms with E-state index in [1.807, 2.05) is 0 Å². The molecule has 1 amide bonds. The van der Waals surface area contributed by atoms with Gasteiger partial charge in [0.25, 0.3) is 0 Å². The molecule has 21 heavy (non-hydrogen) atoms. The lowest BCUT2D eigenvalue weighted by molar-refractivity contribution is -0.143. The van der Waals surface area contributed by atoms with Crippen LogP contribution in [-0.4, -0.2) is 43.9 Å². The van der Waals surface area contributed by atoms with Gasteiger partial charge in [0, 0.05) is 0 Å². The van der Waals surface area contributed by atoms with E-state index in [4.69, 9.17) is 9.47 Å². The normalized spacial score (nSPS) is 17.9.